The van der Waals surface area contributed by atoms with Gasteiger partial charge in [0.2, 0.25) is 0 Å². The molecular weight excluding hydrogens is 341 g/mol. The van der Waals surface area contributed by atoms with Gasteiger partial charge in [-0.3, -0.25) is 5.43 Å². The average molecular weight is 354 g/mol. The second-order valence-electron chi connectivity index (χ2n) is 4.34. The molecule has 4 nitrogen and oxygen atoms in total. The third-order valence-corrected chi connectivity index (χ3v) is 3.49. The second kappa shape index (κ2) is 7.98. The van der Waals surface area contributed by atoms with E-state index in [1.165, 1.54) is 0 Å². The van der Waals surface area contributed by atoms with Gasteiger partial charge in [-0.1, -0.05) is 29.3 Å². The van der Waals surface area contributed by atoms with Crippen LogP contribution in [-0.2, 0) is 6.61 Å². The Hall–Kier alpha value is -1.82. The molecule has 7 heteroatoms. The predicted octanol–water partition coefficient (Wildman–Crippen LogP) is 3.74. The van der Waals surface area contributed by atoms with Crippen molar-refractivity contribution < 1.29 is 4.74 Å². The Morgan fingerprint density at radius 2 is 1.91 bits per heavy atom. The van der Waals surface area contributed by atoms with Crippen molar-refractivity contribution in [2.45, 2.75) is 6.61 Å². The van der Waals surface area contributed by atoms with E-state index in [1.807, 2.05) is 30.3 Å². The van der Waals surface area contributed by atoms with Crippen molar-refractivity contribution in [3.05, 3.63) is 63.6 Å². The summed E-state index contributed by atoms with van der Waals surface area (Å²) in [5.41, 5.74) is 9.59. The third-order valence-electron chi connectivity index (χ3n) is 2.66. The maximum atomic E-state index is 5.96. The van der Waals surface area contributed by atoms with Gasteiger partial charge in [0.25, 0.3) is 0 Å². The molecule has 0 aliphatic heterocycles. The van der Waals surface area contributed by atoms with Crippen molar-refractivity contribution in [2.24, 2.45) is 10.8 Å². The lowest BCUT2D eigenvalue weighted by atomic mass is 10.2. The van der Waals surface area contributed by atoms with Gasteiger partial charge in [0.15, 0.2) is 5.11 Å². The molecule has 3 N–H and O–H groups in total. The monoisotopic (exact) mass is 353 g/mol. The number of nitrogens with one attached hydrogen (secondary N) is 1. The molecule has 0 saturated heterocycles. The molecule has 2 rings (SSSR count). The van der Waals surface area contributed by atoms with E-state index in [4.69, 9.17) is 33.7 Å². The maximum absolute atomic E-state index is 5.96. The maximum Gasteiger partial charge on any atom is 0.184 e. The molecule has 114 valence electrons. The first-order chi connectivity index (χ1) is 10.5. The lowest BCUT2D eigenvalue weighted by molar-refractivity contribution is 0.306. The molecule has 0 unspecified atom stereocenters. The fourth-order valence-corrected chi connectivity index (χ4v) is 1.99. The van der Waals surface area contributed by atoms with Gasteiger partial charge in [0.05, 0.1) is 16.3 Å². The zero-order valence-corrected chi connectivity index (χ0v) is 13.8. The van der Waals surface area contributed by atoms with E-state index in [1.54, 1.807) is 18.3 Å². The van der Waals surface area contributed by atoms with Crippen LogP contribution in [0.5, 0.6) is 5.75 Å². The number of hydrogen-bond donors (Lipinski definition) is 2. The number of ether oxygens (including phenoxy) is 1. The van der Waals surface area contributed by atoms with E-state index in [-0.39, 0.29) is 5.11 Å². The largest absolute Gasteiger partial charge is 0.489 e. The first-order valence-corrected chi connectivity index (χ1v) is 7.46. The van der Waals surface area contributed by atoms with Crippen LogP contribution in [0, 0.1) is 0 Å². The molecule has 0 saturated carbocycles. The van der Waals surface area contributed by atoms with Crippen LogP contribution >= 0.6 is 35.4 Å². The van der Waals surface area contributed by atoms with E-state index < -0.39 is 0 Å². The Morgan fingerprint density at radius 1 is 1.18 bits per heavy atom. The molecule has 0 radical (unpaired) electrons. The fraction of sp³-hybridized carbons (Fsp3) is 0.0667. The summed E-state index contributed by atoms with van der Waals surface area (Å²) in [5, 5.41) is 5.04. The molecule has 2 aromatic carbocycles. The molecule has 2 aromatic rings. The van der Waals surface area contributed by atoms with Crippen molar-refractivity contribution in [2.75, 3.05) is 0 Å². The van der Waals surface area contributed by atoms with E-state index >= 15 is 0 Å². The van der Waals surface area contributed by atoms with E-state index in [2.05, 4.69) is 22.7 Å². The number of benzene rings is 2. The van der Waals surface area contributed by atoms with Crippen LogP contribution in [0.1, 0.15) is 11.1 Å². The van der Waals surface area contributed by atoms with Gasteiger partial charge < -0.3 is 10.5 Å². The van der Waals surface area contributed by atoms with Gasteiger partial charge in [0, 0.05) is 0 Å². The molecule has 0 fully saturated rings. The van der Waals surface area contributed by atoms with Gasteiger partial charge >= 0.3 is 0 Å². The van der Waals surface area contributed by atoms with Crippen LogP contribution in [0.15, 0.2) is 47.6 Å². The fourth-order valence-electron chi connectivity index (χ4n) is 1.62. The van der Waals surface area contributed by atoms with Gasteiger partial charge in [-0.2, -0.15) is 5.10 Å². The number of halogens is 2. The molecule has 0 bridgehead atoms. The minimum Gasteiger partial charge on any atom is -0.489 e. The summed E-state index contributed by atoms with van der Waals surface area (Å²) < 4.78 is 5.68. The van der Waals surface area contributed by atoms with Gasteiger partial charge in [-0.15, -0.1) is 0 Å². The lowest BCUT2D eigenvalue weighted by Gasteiger charge is -2.07. The standard InChI is InChI=1S/C15H13Cl2N3OS/c16-13-6-3-11(7-14(13)17)9-21-12-4-1-10(2-5-12)8-19-20-15(18)22/h1-8H,9H2,(H3,18,20,22)/b19-8+. The third kappa shape index (κ3) is 5.18. The highest BCUT2D eigenvalue weighted by Gasteiger charge is 2.01. The number of nitrogens with two attached hydrogens (primary N) is 1. The molecule has 0 atom stereocenters. The summed E-state index contributed by atoms with van der Waals surface area (Å²) in [5.74, 6) is 0.741. The Bertz CT molecular complexity index is 690. The van der Waals surface area contributed by atoms with E-state index in [9.17, 15) is 0 Å². The van der Waals surface area contributed by atoms with E-state index in [0.717, 1.165) is 16.9 Å². The van der Waals surface area contributed by atoms with Gasteiger partial charge in [-0.25, -0.2) is 0 Å². The number of rotatable bonds is 5. The number of thiocarbonyl (C=S) groups is 1. The highest BCUT2D eigenvalue weighted by Crippen LogP contribution is 2.23. The number of nitrogens with zero attached hydrogens (tertiary/aromatic N) is 1. The molecule has 0 aliphatic carbocycles. The summed E-state index contributed by atoms with van der Waals surface area (Å²) in [7, 11) is 0. The smallest absolute Gasteiger partial charge is 0.184 e. The SMILES string of the molecule is NC(=S)N/N=C/c1ccc(OCc2ccc(Cl)c(Cl)c2)cc1. The molecule has 0 aliphatic rings. The van der Waals surface area contributed by atoms with Crippen molar-refractivity contribution in [3.8, 4) is 5.75 Å². The molecule has 0 aromatic heterocycles. The quantitative estimate of drug-likeness (QED) is 0.488. The molecule has 0 spiro atoms. The average Bonchev–Trinajstić information content (AvgIpc) is 2.49. The Balaban J connectivity index is 1.92. The Morgan fingerprint density at radius 3 is 2.55 bits per heavy atom. The predicted molar refractivity (Wildman–Crippen MR) is 94.8 cm³/mol. The Kier molecular flexibility index (Phi) is 6.00. The summed E-state index contributed by atoms with van der Waals surface area (Å²) in [6.45, 7) is 0.410. The molecular formula is C15H13Cl2N3OS. The van der Waals surface area contributed by atoms with Crippen molar-refractivity contribution in [3.63, 3.8) is 0 Å². The first-order valence-electron chi connectivity index (χ1n) is 6.30. The Labute approximate surface area is 143 Å². The van der Waals surface area contributed by atoms with Crippen molar-refractivity contribution >= 4 is 46.7 Å². The van der Waals surface area contributed by atoms with Crippen LogP contribution in [0.4, 0.5) is 0 Å². The van der Waals surface area contributed by atoms with Gasteiger partial charge in [-0.05, 0) is 59.7 Å². The summed E-state index contributed by atoms with van der Waals surface area (Å²) in [6, 6.07) is 12.8. The molecule has 0 amide bonds. The first kappa shape index (κ1) is 16.5. The zero-order valence-electron chi connectivity index (χ0n) is 11.4. The van der Waals surface area contributed by atoms with Crippen LogP contribution in [-0.4, -0.2) is 11.3 Å². The lowest BCUT2D eigenvalue weighted by Crippen LogP contribution is -2.23. The van der Waals surface area contributed by atoms with Crippen LogP contribution < -0.4 is 15.9 Å². The van der Waals surface area contributed by atoms with E-state index in [0.29, 0.717) is 16.7 Å². The van der Waals surface area contributed by atoms with Crippen LogP contribution in [0.2, 0.25) is 10.0 Å². The zero-order chi connectivity index (χ0) is 15.9. The summed E-state index contributed by atoms with van der Waals surface area (Å²) >= 11 is 16.5. The summed E-state index contributed by atoms with van der Waals surface area (Å²) in [4.78, 5) is 0. The summed E-state index contributed by atoms with van der Waals surface area (Å²) in [6.07, 6.45) is 1.61. The minimum atomic E-state index is 0.123. The van der Waals surface area contributed by atoms with Crippen LogP contribution in [0.25, 0.3) is 0 Å². The molecule has 22 heavy (non-hydrogen) atoms. The highest BCUT2D eigenvalue weighted by atomic mass is 35.5. The number of hydrazone groups is 1. The normalized spacial score (nSPS) is 10.6. The second-order valence-corrected chi connectivity index (χ2v) is 5.59. The molecule has 0 heterocycles. The van der Waals surface area contributed by atoms with Crippen molar-refractivity contribution in [1.82, 2.24) is 5.43 Å². The minimum absolute atomic E-state index is 0.123. The number of hydrogen-bond acceptors (Lipinski definition) is 3. The van der Waals surface area contributed by atoms with Crippen LogP contribution in [0.3, 0.4) is 0 Å². The highest BCUT2D eigenvalue weighted by molar-refractivity contribution is 7.80. The topological polar surface area (TPSA) is 59.6 Å². The van der Waals surface area contributed by atoms with Crippen molar-refractivity contribution in [1.29, 1.82) is 0 Å². The van der Waals surface area contributed by atoms with Gasteiger partial charge in [0.1, 0.15) is 12.4 Å².